The molecule has 1 spiro atoms. The first kappa shape index (κ1) is 32.6. The molecule has 0 bridgehead atoms. The summed E-state index contributed by atoms with van der Waals surface area (Å²) in [6.45, 7) is 5.79. The topological polar surface area (TPSA) is 6.48 Å². The lowest BCUT2D eigenvalue weighted by molar-refractivity contribution is 0.549. The highest BCUT2D eigenvalue weighted by Gasteiger charge is 2.45. The lowest BCUT2D eigenvalue weighted by Crippen LogP contribution is -2.30. The quantitative estimate of drug-likeness (QED) is 0.168. The Hall–Kier alpha value is -5.86. The van der Waals surface area contributed by atoms with Crippen molar-refractivity contribution in [3.63, 3.8) is 0 Å². The van der Waals surface area contributed by atoms with Crippen molar-refractivity contribution in [3.05, 3.63) is 185 Å². The molecule has 55 heavy (non-hydrogen) atoms. The van der Waals surface area contributed by atoms with Gasteiger partial charge in [0.2, 0.25) is 0 Å². The lowest BCUT2D eigenvalue weighted by Gasteiger charge is -2.42. The van der Waals surface area contributed by atoms with Crippen LogP contribution < -0.4 is 9.80 Å². The van der Waals surface area contributed by atoms with E-state index in [2.05, 4.69) is 181 Å². The second kappa shape index (κ2) is 12.3. The molecule has 4 aliphatic rings. The molecule has 0 amide bonds. The third-order valence-electron chi connectivity index (χ3n) is 13.5. The minimum atomic E-state index is -0.0850. The molecular formula is C53H46N2. The monoisotopic (exact) mass is 710 g/mol. The Kier molecular flexibility index (Phi) is 7.30. The van der Waals surface area contributed by atoms with Crippen LogP contribution in [0.2, 0.25) is 0 Å². The van der Waals surface area contributed by atoms with Gasteiger partial charge < -0.3 is 9.80 Å². The molecule has 1 saturated carbocycles. The number of benzene rings is 7. The van der Waals surface area contributed by atoms with E-state index < -0.39 is 0 Å². The van der Waals surface area contributed by atoms with E-state index in [-0.39, 0.29) is 10.8 Å². The first-order valence-corrected chi connectivity index (χ1v) is 20.4. The molecule has 0 N–H and O–H groups in total. The molecule has 2 heterocycles. The second-order valence-corrected chi connectivity index (χ2v) is 16.8. The molecule has 0 unspecified atom stereocenters. The van der Waals surface area contributed by atoms with Gasteiger partial charge >= 0.3 is 0 Å². The predicted molar refractivity (Wildman–Crippen MR) is 233 cm³/mol. The van der Waals surface area contributed by atoms with Gasteiger partial charge in [0.15, 0.2) is 0 Å². The minimum absolute atomic E-state index is 0.0850. The normalized spacial score (nSPS) is 17.3. The summed E-state index contributed by atoms with van der Waals surface area (Å²) in [6, 6.07) is 55.1. The Labute approximate surface area is 325 Å². The first-order chi connectivity index (χ1) is 27.0. The van der Waals surface area contributed by atoms with Crippen LogP contribution in [0.25, 0.3) is 34.1 Å². The molecule has 1 fully saturated rings. The van der Waals surface area contributed by atoms with E-state index in [0.29, 0.717) is 0 Å². The predicted octanol–water partition coefficient (Wildman–Crippen LogP) is 14.0. The maximum Gasteiger partial charge on any atom is 0.0540 e. The smallest absolute Gasteiger partial charge is 0.0540 e. The molecule has 0 saturated heterocycles. The van der Waals surface area contributed by atoms with E-state index in [9.17, 15) is 0 Å². The van der Waals surface area contributed by atoms with Crippen LogP contribution in [0.15, 0.2) is 146 Å². The van der Waals surface area contributed by atoms with Crippen LogP contribution in [0.4, 0.5) is 28.4 Å². The third-order valence-corrected chi connectivity index (χ3v) is 13.5. The van der Waals surface area contributed by atoms with E-state index in [1.54, 1.807) is 5.56 Å². The second-order valence-electron chi connectivity index (χ2n) is 16.8. The summed E-state index contributed by atoms with van der Waals surface area (Å²) in [5.74, 6) is 0. The molecule has 0 radical (unpaired) electrons. The Morgan fingerprint density at radius 2 is 1.15 bits per heavy atom. The molecule has 2 aliphatic heterocycles. The van der Waals surface area contributed by atoms with Gasteiger partial charge in [0.25, 0.3) is 0 Å². The van der Waals surface area contributed by atoms with Crippen molar-refractivity contribution in [2.45, 2.75) is 63.2 Å². The van der Waals surface area contributed by atoms with E-state index in [1.165, 1.54) is 122 Å². The number of hydrogen-bond donors (Lipinski definition) is 0. The number of nitrogens with zero attached hydrogens (tertiary/aromatic N) is 2. The fraction of sp³-hybridized carbons (Fsp3) is 0.208. The van der Waals surface area contributed by atoms with Crippen LogP contribution in [0.1, 0.15) is 84.9 Å². The standard InChI is InChI=1S/C53H46N2/c1-52(2)44-19-4-7-22-50(44)55(51-23-8-5-20-45(51)52)49-24-12-17-40-37(15-11-18-43(40)49)27-25-36-26-29-41-42-30-28-39(54-33-13-16-38-14-3-6-21-48(38)54)35-47(42)53(46(41)34-36)31-9-10-32-53/h3-8,11-12,14-15,17-30,34-35H,9-10,13,16,31-33H2,1-2H3/b27-25+. The van der Waals surface area contributed by atoms with Gasteiger partial charge in [0, 0.05) is 34.1 Å². The number of fused-ring (bicyclic) bond motifs is 9. The van der Waals surface area contributed by atoms with E-state index >= 15 is 0 Å². The Morgan fingerprint density at radius 1 is 0.509 bits per heavy atom. The summed E-state index contributed by atoms with van der Waals surface area (Å²) in [5.41, 5.74) is 19.1. The van der Waals surface area contributed by atoms with Crippen LogP contribution in [-0.2, 0) is 17.3 Å². The highest BCUT2D eigenvalue weighted by Crippen LogP contribution is 2.58. The first-order valence-electron chi connectivity index (χ1n) is 20.4. The van der Waals surface area contributed by atoms with Gasteiger partial charge in [-0.3, -0.25) is 0 Å². The fourth-order valence-electron chi connectivity index (χ4n) is 10.9. The van der Waals surface area contributed by atoms with Crippen LogP contribution >= 0.6 is 0 Å². The lowest BCUT2D eigenvalue weighted by atomic mass is 9.73. The SMILES string of the molecule is CC1(C)c2ccccc2N(c2cccc3c(/C=C/c4ccc5c(c4)C4(CCCC4)c4cc(N6CCCc7ccccc76)ccc4-5)cccc23)c2ccccc21. The molecule has 0 aromatic heterocycles. The van der Waals surface area contributed by atoms with Gasteiger partial charge in [-0.25, -0.2) is 0 Å². The van der Waals surface area contributed by atoms with Crippen molar-refractivity contribution < 1.29 is 0 Å². The maximum absolute atomic E-state index is 2.57. The molecule has 2 heteroatoms. The van der Waals surface area contributed by atoms with Crippen molar-refractivity contribution in [1.82, 2.24) is 0 Å². The van der Waals surface area contributed by atoms with Crippen molar-refractivity contribution in [3.8, 4) is 11.1 Å². The largest absolute Gasteiger partial charge is 0.341 e. The highest BCUT2D eigenvalue weighted by atomic mass is 15.2. The van der Waals surface area contributed by atoms with E-state index in [1.807, 2.05) is 0 Å². The van der Waals surface area contributed by atoms with Crippen LogP contribution in [0.3, 0.4) is 0 Å². The Balaban J connectivity index is 0.967. The summed E-state index contributed by atoms with van der Waals surface area (Å²) < 4.78 is 0. The average Bonchev–Trinajstić information content (AvgIpc) is 3.83. The summed E-state index contributed by atoms with van der Waals surface area (Å²) in [5, 5.41) is 2.53. The van der Waals surface area contributed by atoms with Crippen molar-refractivity contribution >= 4 is 51.4 Å². The minimum Gasteiger partial charge on any atom is -0.341 e. The molecule has 7 aromatic carbocycles. The molecule has 268 valence electrons. The number of para-hydroxylation sites is 3. The number of aryl methyl sites for hydroxylation is 1. The zero-order valence-electron chi connectivity index (χ0n) is 31.9. The van der Waals surface area contributed by atoms with Gasteiger partial charge in [-0.2, -0.15) is 0 Å². The number of hydrogen-bond acceptors (Lipinski definition) is 2. The molecule has 0 atom stereocenters. The zero-order valence-corrected chi connectivity index (χ0v) is 31.9. The summed E-state index contributed by atoms with van der Waals surface area (Å²) in [7, 11) is 0. The van der Waals surface area contributed by atoms with Crippen molar-refractivity contribution in [2.75, 3.05) is 16.3 Å². The Bertz CT molecular complexity index is 2640. The van der Waals surface area contributed by atoms with Crippen LogP contribution in [0, 0.1) is 0 Å². The molecule has 7 aromatic rings. The summed E-state index contributed by atoms with van der Waals surface area (Å²) in [4.78, 5) is 5.05. The van der Waals surface area contributed by atoms with Gasteiger partial charge in [0.1, 0.15) is 0 Å². The third kappa shape index (κ3) is 4.87. The summed E-state index contributed by atoms with van der Waals surface area (Å²) in [6.07, 6.45) is 12.1. The average molecular weight is 711 g/mol. The molecule has 2 nitrogen and oxygen atoms in total. The number of anilines is 5. The Morgan fingerprint density at radius 3 is 1.93 bits per heavy atom. The van der Waals surface area contributed by atoms with Gasteiger partial charge in [-0.1, -0.05) is 148 Å². The van der Waals surface area contributed by atoms with Gasteiger partial charge in [-0.15, -0.1) is 0 Å². The molecular weight excluding hydrogens is 665 g/mol. The van der Waals surface area contributed by atoms with Crippen LogP contribution in [-0.4, -0.2) is 6.54 Å². The fourth-order valence-corrected chi connectivity index (χ4v) is 10.9. The summed E-state index contributed by atoms with van der Waals surface area (Å²) >= 11 is 0. The van der Waals surface area contributed by atoms with E-state index in [0.717, 1.165) is 6.54 Å². The number of rotatable bonds is 4. The highest BCUT2D eigenvalue weighted by molar-refractivity contribution is 6.04. The van der Waals surface area contributed by atoms with Crippen molar-refractivity contribution in [2.24, 2.45) is 0 Å². The van der Waals surface area contributed by atoms with Crippen LogP contribution in [0.5, 0.6) is 0 Å². The van der Waals surface area contributed by atoms with Crippen molar-refractivity contribution in [1.29, 1.82) is 0 Å². The molecule has 11 rings (SSSR count). The molecule has 2 aliphatic carbocycles. The van der Waals surface area contributed by atoms with E-state index in [4.69, 9.17) is 0 Å². The van der Waals surface area contributed by atoms with Gasteiger partial charge in [-0.05, 0) is 118 Å². The zero-order chi connectivity index (χ0) is 36.7. The van der Waals surface area contributed by atoms with Gasteiger partial charge in [0.05, 0.1) is 17.1 Å². The maximum atomic E-state index is 2.57.